The van der Waals surface area contributed by atoms with Crippen LogP contribution in [0.3, 0.4) is 0 Å². The lowest BCUT2D eigenvalue weighted by Gasteiger charge is -2.19. The van der Waals surface area contributed by atoms with Gasteiger partial charge in [0.2, 0.25) is 10.0 Å². The van der Waals surface area contributed by atoms with Crippen molar-refractivity contribution >= 4 is 33.8 Å². The van der Waals surface area contributed by atoms with Gasteiger partial charge in [-0.2, -0.15) is 4.99 Å². The van der Waals surface area contributed by atoms with Crippen LogP contribution in [-0.4, -0.2) is 38.4 Å². The number of amides is 1. The average Bonchev–Trinajstić information content (AvgIpc) is 2.65. The molecule has 2 aromatic rings. The first kappa shape index (κ1) is 18.8. The van der Waals surface area contributed by atoms with Gasteiger partial charge in [0.25, 0.3) is 5.78 Å². The molecule has 2 aromatic carbocycles. The van der Waals surface area contributed by atoms with Crippen LogP contribution in [0, 0.1) is 0 Å². The molecule has 27 heavy (non-hydrogen) atoms. The Morgan fingerprint density at radius 2 is 1.59 bits per heavy atom. The van der Waals surface area contributed by atoms with Gasteiger partial charge in [0.05, 0.1) is 18.0 Å². The lowest BCUT2D eigenvalue weighted by Crippen LogP contribution is -2.33. The van der Waals surface area contributed by atoms with E-state index in [9.17, 15) is 18.0 Å². The van der Waals surface area contributed by atoms with Crippen LogP contribution in [0.4, 0.5) is 0 Å². The molecule has 138 valence electrons. The molecular formula is C19H17N3O4S. The third-order valence-corrected chi connectivity index (χ3v) is 4.73. The highest BCUT2D eigenvalue weighted by Gasteiger charge is 2.27. The number of nitrogens with one attached hydrogen (secondary N) is 1. The highest BCUT2D eigenvalue weighted by Crippen LogP contribution is 2.24. The van der Waals surface area contributed by atoms with Crippen molar-refractivity contribution in [2.75, 3.05) is 6.26 Å². The number of aliphatic imine (C=N–C) groups is 2. The second-order valence-electron chi connectivity index (χ2n) is 6.09. The minimum Gasteiger partial charge on any atom is -0.282 e. The fourth-order valence-electron chi connectivity index (χ4n) is 2.75. The van der Waals surface area contributed by atoms with Crippen molar-refractivity contribution in [3.63, 3.8) is 0 Å². The first-order valence-corrected chi connectivity index (χ1v) is 10.0. The molecule has 1 N–H and O–H groups in total. The van der Waals surface area contributed by atoms with Crippen LogP contribution in [0.5, 0.6) is 0 Å². The summed E-state index contributed by atoms with van der Waals surface area (Å²) in [4.78, 5) is 30.5. The monoisotopic (exact) mass is 383 g/mol. The molecule has 3 rings (SSSR count). The van der Waals surface area contributed by atoms with E-state index < -0.39 is 27.8 Å². The molecule has 0 bridgehead atoms. The third-order valence-electron chi connectivity index (χ3n) is 4.02. The molecule has 1 aliphatic rings. The molecule has 8 heteroatoms. The number of ketones is 1. The molecule has 0 radical (unpaired) electrons. The Labute approximate surface area is 156 Å². The zero-order valence-electron chi connectivity index (χ0n) is 14.5. The molecule has 1 aliphatic heterocycles. The Morgan fingerprint density at radius 1 is 0.963 bits per heavy atom. The van der Waals surface area contributed by atoms with Crippen molar-refractivity contribution in [2.24, 2.45) is 9.98 Å². The summed E-state index contributed by atoms with van der Waals surface area (Å²) < 4.78 is 26.0. The number of rotatable bonds is 6. The number of carbonyl (C=O) groups is 2. The molecule has 0 saturated heterocycles. The summed E-state index contributed by atoms with van der Waals surface area (Å²) >= 11 is 0. The molecule has 0 aromatic heterocycles. The van der Waals surface area contributed by atoms with Crippen LogP contribution in [0.25, 0.3) is 11.1 Å². The summed E-state index contributed by atoms with van der Waals surface area (Å²) in [7, 11) is -3.55. The number of Topliss-reactive ketones (excluding diaryl/α,β-unsaturated/α-hetero) is 1. The van der Waals surface area contributed by atoms with E-state index in [0.29, 0.717) is 5.56 Å². The van der Waals surface area contributed by atoms with E-state index in [1.165, 1.54) is 0 Å². The van der Waals surface area contributed by atoms with Crippen molar-refractivity contribution in [2.45, 2.75) is 12.5 Å². The van der Waals surface area contributed by atoms with E-state index in [2.05, 4.69) is 14.7 Å². The first-order chi connectivity index (χ1) is 12.8. The maximum atomic E-state index is 11.9. The summed E-state index contributed by atoms with van der Waals surface area (Å²) in [5.74, 6) is -1.73. The number of hydrogen-bond donors (Lipinski definition) is 1. The summed E-state index contributed by atoms with van der Waals surface area (Å²) in [6.07, 6.45) is 2.00. The molecule has 0 saturated carbocycles. The molecular weight excluding hydrogens is 366 g/mol. The predicted molar refractivity (Wildman–Crippen MR) is 103 cm³/mol. The van der Waals surface area contributed by atoms with Crippen LogP contribution < -0.4 is 4.72 Å². The molecule has 7 nitrogen and oxygen atoms in total. The van der Waals surface area contributed by atoms with Crippen LogP contribution in [0.1, 0.15) is 18.0 Å². The molecule has 0 spiro atoms. The van der Waals surface area contributed by atoms with Gasteiger partial charge in [-0.25, -0.2) is 18.1 Å². The largest absolute Gasteiger partial charge is 0.320 e. The molecule has 0 fully saturated rings. The van der Waals surface area contributed by atoms with E-state index in [-0.39, 0.29) is 12.1 Å². The van der Waals surface area contributed by atoms with Crippen LogP contribution in [-0.2, 0) is 19.6 Å². The van der Waals surface area contributed by atoms with Gasteiger partial charge in [-0.3, -0.25) is 9.59 Å². The average molecular weight is 383 g/mol. The van der Waals surface area contributed by atoms with Gasteiger partial charge in [0.1, 0.15) is 6.34 Å². The standard InChI is InChI=1S/C19H17N3O4S/c1-27(25,26)22-16(11-17-18(23)19(24)21-12-20-17)15-9-7-14(8-10-15)13-5-3-2-4-6-13/h2-10,12,16,22H,11H2,1H3/t16-/m1/s1. The fourth-order valence-corrected chi connectivity index (χ4v) is 3.49. The van der Waals surface area contributed by atoms with E-state index in [4.69, 9.17) is 0 Å². The van der Waals surface area contributed by atoms with E-state index in [0.717, 1.165) is 23.7 Å². The summed E-state index contributed by atoms with van der Waals surface area (Å²) in [6.45, 7) is 0. The maximum Gasteiger partial charge on any atom is 0.320 e. The second kappa shape index (κ2) is 7.73. The summed E-state index contributed by atoms with van der Waals surface area (Å²) in [5, 5.41) is 0. The zero-order chi connectivity index (χ0) is 19.4. The minimum absolute atomic E-state index is 0.0247. The second-order valence-corrected chi connectivity index (χ2v) is 7.87. The van der Waals surface area contributed by atoms with Gasteiger partial charge in [0, 0.05) is 6.42 Å². The predicted octanol–water partition coefficient (Wildman–Crippen LogP) is 1.91. The Kier molecular flexibility index (Phi) is 5.38. The van der Waals surface area contributed by atoms with Gasteiger partial charge in [-0.15, -0.1) is 0 Å². The lowest BCUT2D eigenvalue weighted by atomic mass is 9.97. The van der Waals surface area contributed by atoms with Crippen LogP contribution in [0.2, 0.25) is 0 Å². The number of benzene rings is 2. The maximum absolute atomic E-state index is 11.9. The summed E-state index contributed by atoms with van der Waals surface area (Å²) in [6, 6.07) is 16.3. The van der Waals surface area contributed by atoms with Gasteiger partial charge in [-0.05, 0) is 16.7 Å². The lowest BCUT2D eigenvalue weighted by molar-refractivity contribution is -0.132. The van der Waals surface area contributed by atoms with Gasteiger partial charge in [-0.1, -0.05) is 54.6 Å². The quantitative estimate of drug-likeness (QED) is 0.769. The van der Waals surface area contributed by atoms with Crippen LogP contribution >= 0.6 is 0 Å². The highest BCUT2D eigenvalue weighted by molar-refractivity contribution is 7.88. The Balaban J connectivity index is 1.89. The molecule has 0 unspecified atom stereocenters. The molecule has 1 heterocycles. The highest BCUT2D eigenvalue weighted by atomic mass is 32.2. The minimum atomic E-state index is -3.55. The van der Waals surface area contributed by atoms with E-state index in [1.807, 2.05) is 42.5 Å². The van der Waals surface area contributed by atoms with E-state index >= 15 is 0 Å². The van der Waals surface area contributed by atoms with Crippen LogP contribution in [0.15, 0.2) is 64.6 Å². The Morgan fingerprint density at radius 3 is 2.22 bits per heavy atom. The number of nitrogens with zero attached hydrogens (tertiary/aromatic N) is 2. The van der Waals surface area contributed by atoms with Crippen molar-refractivity contribution in [1.82, 2.24) is 4.72 Å². The first-order valence-electron chi connectivity index (χ1n) is 8.14. The van der Waals surface area contributed by atoms with Gasteiger partial charge < -0.3 is 0 Å². The molecule has 1 atom stereocenters. The summed E-state index contributed by atoms with van der Waals surface area (Å²) in [5.41, 5.74) is 2.64. The fraction of sp³-hybridized carbons (Fsp3) is 0.158. The Hall–Kier alpha value is -2.97. The number of carbonyl (C=O) groups excluding carboxylic acids is 2. The van der Waals surface area contributed by atoms with Crippen molar-refractivity contribution in [1.29, 1.82) is 0 Å². The van der Waals surface area contributed by atoms with Crippen molar-refractivity contribution in [3.05, 3.63) is 60.2 Å². The third kappa shape index (κ3) is 4.81. The normalized spacial score (nSPS) is 15.5. The SMILES string of the molecule is CS(=O)(=O)N[C@H](CC1=NC=NC(=O)C1=O)c1ccc(-c2ccccc2)cc1. The number of hydrogen-bond acceptors (Lipinski definition) is 5. The molecule has 1 amide bonds. The molecule has 0 aliphatic carbocycles. The van der Waals surface area contributed by atoms with Crippen molar-refractivity contribution in [3.8, 4) is 11.1 Å². The van der Waals surface area contributed by atoms with E-state index in [1.54, 1.807) is 12.1 Å². The van der Waals surface area contributed by atoms with Crippen molar-refractivity contribution < 1.29 is 18.0 Å². The smallest absolute Gasteiger partial charge is 0.282 e. The zero-order valence-corrected chi connectivity index (χ0v) is 15.3. The topological polar surface area (TPSA) is 105 Å². The van der Waals surface area contributed by atoms with Gasteiger partial charge >= 0.3 is 5.91 Å². The van der Waals surface area contributed by atoms with Gasteiger partial charge in [0.15, 0.2) is 0 Å². The Bertz CT molecular complexity index is 1030. The number of sulfonamides is 1.